The van der Waals surface area contributed by atoms with E-state index in [4.69, 9.17) is 23.7 Å². The Labute approximate surface area is 111 Å². The third-order valence-corrected chi connectivity index (χ3v) is 2.79. The van der Waals surface area contributed by atoms with Crippen LogP contribution in [-0.2, 0) is 4.79 Å². The first-order valence-corrected chi connectivity index (χ1v) is 5.86. The van der Waals surface area contributed by atoms with E-state index in [1.54, 1.807) is 24.3 Å². The maximum Gasteiger partial charge on any atom is 0.248 e. The van der Waals surface area contributed by atoms with E-state index >= 15 is 0 Å². The van der Waals surface area contributed by atoms with Crippen molar-refractivity contribution in [1.82, 2.24) is 0 Å². The van der Waals surface area contributed by atoms with Gasteiger partial charge in [-0.3, -0.25) is 9.59 Å². The Balaban J connectivity index is 2.76. The molecule has 0 aromatic heterocycles. The number of primary amides is 1. The van der Waals surface area contributed by atoms with Gasteiger partial charge in [-0.15, -0.1) is 0 Å². The van der Waals surface area contributed by atoms with Gasteiger partial charge >= 0.3 is 0 Å². The lowest BCUT2D eigenvalue weighted by molar-refractivity contribution is -0.118. The Morgan fingerprint density at radius 2 is 1.83 bits per heavy atom. The summed E-state index contributed by atoms with van der Waals surface area (Å²) in [7, 11) is 0. The lowest BCUT2D eigenvalue weighted by Gasteiger charge is -2.13. The molecule has 0 bridgehead atoms. The molecular formula is C12H15N3O2S. The number of hydrogen-bond acceptors (Lipinski definition) is 3. The van der Waals surface area contributed by atoms with E-state index in [9.17, 15) is 9.59 Å². The lowest BCUT2D eigenvalue weighted by Crippen LogP contribution is -2.32. The molecule has 2 amide bonds. The van der Waals surface area contributed by atoms with Crippen LogP contribution in [0.15, 0.2) is 24.3 Å². The zero-order valence-corrected chi connectivity index (χ0v) is 10.8. The van der Waals surface area contributed by atoms with Crippen molar-refractivity contribution in [3.63, 3.8) is 0 Å². The van der Waals surface area contributed by atoms with Crippen LogP contribution < -0.4 is 16.8 Å². The number of thiocarbonyl (C=S) groups is 1. The van der Waals surface area contributed by atoms with Gasteiger partial charge in [0, 0.05) is 11.3 Å². The fourth-order valence-corrected chi connectivity index (χ4v) is 1.74. The summed E-state index contributed by atoms with van der Waals surface area (Å²) < 4.78 is 0. The van der Waals surface area contributed by atoms with Gasteiger partial charge < -0.3 is 16.8 Å². The first kappa shape index (κ1) is 14.1. The van der Waals surface area contributed by atoms with Crippen molar-refractivity contribution in [1.29, 1.82) is 0 Å². The van der Waals surface area contributed by atoms with Gasteiger partial charge in [0.15, 0.2) is 0 Å². The summed E-state index contributed by atoms with van der Waals surface area (Å²) in [5.74, 6) is -1.25. The monoisotopic (exact) mass is 265 g/mol. The minimum atomic E-state index is -0.512. The summed E-state index contributed by atoms with van der Waals surface area (Å²) in [6.45, 7) is 1.83. The Morgan fingerprint density at radius 3 is 2.22 bits per heavy atom. The van der Waals surface area contributed by atoms with E-state index in [1.165, 1.54) is 0 Å². The Bertz CT molecular complexity index is 471. The Kier molecular flexibility index (Phi) is 4.79. The molecule has 0 aliphatic carbocycles. The minimum Gasteiger partial charge on any atom is -0.393 e. The molecule has 1 rings (SSSR count). The van der Waals surface area contributed by atoms with Crippen molar-refractivity contribution in [3.8, 4) is 0 Å². The van der Waals surface area contributed by atoms with E-state index in [0.717, 1.165) is 0 Å². The number of carbonyl (C=O) groups excluding carboxylic acids is 2. The van der Waals surface area contributed by atoms with Crippen molar-refractivity contribution in [3.05, 3.63) is 29.8 Å². The van der Waals surface area contributed by atoms with Crippen molar-refractivity contribution >= 4 is 34.7 Å². The summed E-state index contributed by atoms with van der Waals surface area (Å²) in [6, 6.07) is 6.29. The molecule has 0 spiro atoms. The fourth-order valence-electron chi connectivity index (χ4n) is 1.46. The fraction of sp³-hybridized carbons (Fsp3) is 0.250. The maximum atomic E-state index is 11.8. The number of carbonyl (C=O) groups is 2. The van der Waals surface area contributed by atoms with Crippen LogP contribution in [0.25, 0.3) is 0 Å². The molecule has 1 aromatic carbocycles. The molecule has 6 heteroatoms. The van der Waals surface area contributed by atoms with Crippen LogP contribution in [-0.4, -0.2) is 16.8 Å². The van der Waals surface area contributed by atoms with Crippen molar-refractivity contribution in [2.24, 2.45) is 17.4 Å². The number of amides is 2. The molecule has 1 atom stereocenters. The molecule has 5 nitrogen and oxygen atoms in total. The number of benzene rings is 1. The van der Waals surface area contributed by atoms with Crippen LogP contribution >= 0.6 is 12.2 Å². The molecule has 1 unspecified atom stereocenters. The number of nitrogens with one attached hydrogen (secondary N) is 1. The van der Waals surface area contributed by atoms with Gasteiger partial charge in [-0.05, 0) is 30.7 Å². The molecule has 0 aliphatic rings. The van der Waals surface area contributed by atoms with E-state index in [0.29, 0.717) is 17.7 Å². The molecule has 1 aromatic rings. The highest BCUT2D eigenvalue weighted by atomic mass is 32.1. The van der Waals surface area contributed by atoms with E-state index < -0.39 is 11.8 Å². The molecule has 96 valence electrons. The third kappa shape index (κ3) is 3.53. The molecule has 18 heavy (non-hydrogen) atoms. The zero-order valence-electron chi connectivity index (χ0n) is 9.97. The third-order valence-electron chi connectivity index (χ3n) is 2.51. The van der Waals surface area contributed by atoms with Gasteiger partial charge in [0.25, 0.3) is 0 Å². The second kappa shape index (κ2) is 6.11. The standard InChI is InChI=1S/C12H15N3O2S/c1-2-9(11(14)18)12(17)15-8-5-3-7(4-6-8)10(13)16/h3-6,9H,2H2,1H3,(H2,13,16)(H2,14,18)(H,15,17). The Hall–Kier alpha value is -1.95. The summed E-state index contributed by atoms with van der Waals surface area (Å²) >= 11 is 4.82. The van der Waals surface area contributed by atoms with Crippen LogP contribution in [0, 0.1) is 5.92 Å². The molecule has 0 fully saturated rings. The maximum absolute atomic E-state index is 11.8. The summed E-state index contributed by atoms with van der Waals surface area (Å²) in [4.78, 5) is 22.9. The second-order valence-corrected chi connectivity index (χ2v) is 4.27. The van der Waals surface area contributed by atoms with Gasteiger partial charge in [0.2, 0.25) is 11.8 Å². The number of hydrogen-bond donors (Lipinski definition) is 3. The highest BCUT2D eigenvalue weighted by Gasteiger charge is 2.19. The van der Waals surface area contributed by atoms with Crippen LogP contribution in [0.2, 0.25) is 0 Å². The predicted molar refractivity (Wildman–Crippen MR) is 74.2 cm³/mol. The average Bonchev–Trinajstić information content (AvgIpc) is 2.29. The van der Waals surface area contributed by atoms with Crippen LogP contribution in [0.3, 0.4) is 0 Å². The van der Waals surface area contributed by atoms with Gasteiger partial charge in [-0.1, -0.05) is 19.1 Å². The predicted octanol–water partition coefficient (Wildman–Crippen LogP) is 1.04. The normalized spacial score (nSPS) is 11.6. The number of anilines is 1. The molecule has 0 saturated carbocycles. The SMILES string of the molecule is CCC(C(=O)Nc1ccc(C(N)=O)cc1)C(N)=S. The van der Waals surface area contributed by atoms with E-state index in [-0.39, 0.29) is 10.9 Å². The second-order valence-electron chi connectivity index (χ2n) is 3.79. The first-order valence-electron chi connectivity index (χ1n) is 5.45. The first-order chi connectivity index (χ1) is 8.45. The van der Waals surface area contributed by atoms with Gasteiger partial charge in [-0.25, -0.2) is 0 Å². The molecule has 0 radical (unpaired) electrons. The summed E-state index contributed by atoms with van der Waals surface area (Å²) in [6.07, 6.45) is 0.542. The summed E-state index contributed by atoms with van der Waals surface area (Å²) in [5, 5.41) is 2.68. The van der Waals surface area contributed by atoms with Crippen LogP contribution in [0.5, 0.6) is 0 Å². The van der Waals surface area contributed by atoms with Gasteiger partial charge in [-0.2, -0.15) is 0 Å². The Morgan fingerprint density at radius 1 is 1.28 bits per heavy atom. The zero-order chi connectivity index (χ0) is 13.7. The van der Waals surface area contributed by atoms with Crippen LogP contribution in [0.4, 0.5) is 5.69 Å². The lowest BCUT2D eigenvalue weighted by atomic mass is 10.1. The molecule has 0 heterocycles. The number of nitrogens with two attached hydrogens (primary N) is 2. The average molecular weight is 265 g/mol. The topological polar surface area (TPSA) is 98.2 Å². The summed E-state index contributed by atoms with van der Waals surface area (Å²) in [5.41, 5.74) is 11.5. The van der Waals surface area contributed by atoms with Crippen molar-refractivity contribution in [2.75, 3.05) is 5.32 Å². The van der Waals surface area contributed by atoms with Gasteiger partial charge in [0.05, 0.1) is 10.9 Å². The largest absolute Gasteiger partial charge is 0.393 e. The molecule has 5 N–H and O–H groups in total. The quantitative estimate of drug-likeness (QED) is 0.693. The highest BCUT2D eigenvalue weighted by Crippen LogP contribution is 2.12. The molecule has 0 aliphatic heterocycles. The minimum absolute atomic E-state index is 0.170. The van der Waals surface area contributed by atoms with Crippen molar-refractivity contribution < 1.29 is 9.59 Å². The molecular weight excluding hydrogens is 250 g/mol. The smallest absolute Gasteiger partial charge is 0.248 e. The van der Waals surface area contributed by atoms with E-state index in [2.05, 4.69) is 5.32 Å². The van der Waals surface area contributed by atoms with Gasteiger partial charge in [0.1, 0.15) is 0 Å². The van der Waals surface area contributed by atoms with E-state index in [1.807, 2.05) is 6.92 Å². The van der Waals surface area contributed by atoms with Crippen LogP contribution in [0.1, 0.15) is 23.7 Å². The highest BCUT2D eigenvalue weighted by molar-refractivity contribution is 7.80. The number of rotatable bonds is 5. The molecule has 0 saturated heterocycles. The van der Waals surface area contributed by atoms with Crippen molar-refractivity contribution in [2.45, 2.75) is 13.3 Å².